The molecule has 0 spiro atoms. The van der Waals surface area contributed by atoms with E-state index < -0.39 is 17.5 Å². The molecule has 0 fully saturated rings. The number of hydroxylamine groups is 1. The Morgan fingerprint density at radius 3 is 2.50 bits per heavy atom. The molecule has 0 aliphatic carbocycles. The number of carbonyl (C=O) groups excluding carboxylic acids is 1. The average Bonchev–Trinajstić information content (AvgIpc) is 2.34. The summed E-state index contributed by atoms with van der Waals surface area (Å²) in [5.74, 6) is -1.82. The minimum atomic E-state index is -0.557. The molecule has 1 amide bonds. The Hall–Kier alpha value is -1.82. The fourth-order valence-corrected chi connectivity index (χ4v) is 1.62. The molecule has 0 atom stereocenters. The maximum atomic E-state index is 13.4. The number of carbonyl (C=O) groups is 1. The molecule has 1 aromatic carbocycles. The molecule has 18 heavy (non-hydrogen) atoms. The van der Waals surface area contributed by atoms with Gasteiger partial charge in [-0.1, -0.05) is 6.42 Å². The van der Waals surface area contributed by atoms with Crippen LogP contribution >= 0.6 is 0 Å². The highest BCUT2D eigenvalue weighted by Crippen LogP contribution is 2.28. The van der Waals surface area contributed by atoms with Crippen molar-refractivity contribution in [2.75, 3.05) is 0 Å². The number of aryl methyl sites for hydroxylation is 1. The van der Waals surface area contributed by atoms with E-state index in [9.17, 15) is 14.3 Å². The van der Waals surface area contributed by atoms with Crippen LogP contribution in [0.5, 0.6) is 11.5 Å². The van der Waals surface area contributed by atoms with Crippen molar-refractivity contribution in [3.8, 4) is 11.5 Å². The molecule has 1 rings (SSSR count). The number of hydrogen-bond donors (Lipinski definition) is 4. The third-order valence-corrected chi connectivity index (χ3v) is 2.62. The molecule has 5 nitrogen and oxygen atoms in total. The van der Waals surface area contributed by atoms with Gasteiger partial charge in [0.2, 0.25) is 5.91 Å². The van der Waals surface area contributed by atoms with E-state index in [0.717, 1.165) is 6.07 Å². The molecule has 0 heterocycles. The molecule has 6 heteroatoms. The lowest BCUT2D eigenvalue weighted by Gasteiger charge is -2.05. The summed E-state index contributed by atoms with van der Waals surface area (Å²) in [4.78, 5) is 10.7. The first kappa shape index (κ1) is 14.2. The first-order valence-corrected chi connectivity index (χ1v) is 5.68. The minimum absolute atomic E-state index is 0.222. The zero-order valence-corrected chi connectivity index (χ0v) is 9.82. The SMILES string of the molecule is O=C(CCCCCc1cc(O)c(O)cc1F)NO. The first-order valence-electron chi connectivity index (χ1n) is 5.68. The predicted molar refractivity (Wildman–Crippen MR) is 61.8 cm³/mol. The van der Waals surface area contributed by atoms with Crippen molar-refractivity contribution in [3.63, 3.8) is 0 Å². The molecular weight excluding hydrogens is 241 g/mol. The largest absolute Gasteiger partial charge is 0.504 e. The Bertz CT molecular complexity index is 423. The number of phenolic OH excluding ortho intramolecular Hbond substituents is 2. The van der Waals surface area contributed by atoms with Crippen molar-refractivity contribution in [3.05, 3.63) is 23.5 Å². The summed E-state index contributed by atoms with van der Waals surface area (Å²) in [6, 6.07) is 2.08. The second-order valence-corrected chi connectivity index (χ2v) is 4.03. The molecule has 0 aliphatic rings. The first-order chi connectivity index (χ1) is 8.54. The summed E-state index contributed by atoms with van der Waals surface area (Å²) in [7, 11) is 0. The number of aromatic hydroxyl groups is 2. The van der Waals surface area contributed by atoms with Gasteiger partial charge in [0.25, 0.3) is 0 Å². The number of benzene rings is 1. The third-order valence-electron chi connectivity index (χ3n) is 2.62. The molecule has 4 N–H and O–H groups in total. The van der Waals surface area contributed by atoms with Gasteiger partial charge in [0.15, 0.2) is 11.5 Å². The van der Waals surface area contributed by atoms with Gasteiger partial charge in [-0.2, -0.15) is 0 Å². The quantitative estimate of drug-likeness (QED) is 0.271. The molecule has 0 unspecified atom stereocenters. The molecule has 1 aromatic rings. The van der Waals surface area contributed by atoms with E-state index in [1.807, 2.05) is 0 Å². The maximum absolute atomic E-state index is 13.4. The van der Waals surface area contributed by atoms with E-state index >= 15 is 0 Å². The highest BCUT2D eigenvalue weighted by molar-refractivity contribution is 5.74. The standard InChI is InChI=1S/C12H16FNO4/c13-9-7-11(16)10(15)6-8(9)4-2-1-3-5-12(17)14-18/h6-7,15-16,18H,1-5H2,(H,14,17). The third kappa shape index (κ3) is 4.21. The van der Waals surface area contributed by atoms with Crippen LogP contribution in [0.2, 0.25) is 0 Å². The number of phenols is 2. The number of rotatable bonds is 6. The summed E-state index contributed by atoms with van der Waals surface area (Å²) in [5, 5.41) is 26.6. The van der Waals surface area contributed by atoms with Crippen LogP contribution in [0.3, 0.4) is 0 Å². The second kappa shape index (κ2) is 6.80. The van der Waals surface area contributed by atoms with E-state index in [4.69, 9.17) is 10.3 Å². The van der Waals surface area contributed by atoms with Crippen LogP contribution < -0.4 is 5.48 Å². The smallest absolute Gasteiger partial charge is 0.243 e. The predicted octanol–water partition coefficient (Wildman–Crippen LogP) is 1.85. The summed E-state index contributed by atoms with van der Waals surface area (Å²) < 4.78 is 13.4. The molecule has 0 saturated heterocycles. The zero-order valence-electron chi connectivity index (χ0n) is 9.82. The minimum Gasteiger partial charge on any atom is -0.504 e. The number of amides is 1. The molecular formula is C12H16FNO4. The van der Waals surface area contributed by atoms with Gasteiger partial charge in [-0.05, 0) is 30.9 Å². The van der Waals surface area contributed by atoms with E-state index in [1.54, 1.807) is 0 Å². The number of hydrogen-bond acceptors (Lipinski definition) is 4. The molecule has 0 radical (unpaired) electrons. The van der Waals surface area contributed by atoms with E-state index in [0.29, 0.717) is 31.2 Å². The van der Waals surface area contributed by atoms with Crippen LogP contribution in [0.1, 0.15) is 31.2 Å². The van der Waals surface area contributed by atoms with Crippen LogP contribution in [0.15, 0.2) is 12.1 Å². The highest BCUT2D eigenvalue weighted by atomic mass is 19.1. The topological polar surface area (TPSA) is 89.8 Å². The van der Waals surface area contributed by atoms with Crippen molar-refractivity contribution in [1.29, 1.82) is 0 Å². The lowest BCUT2D eigenvalue weighted by molar-refractivity contribution is -0.129. The fourth-order valence-electron chi connectivity index (χ4n) is 1.62. The van der Waals surface area contributed by atoms with Gasteiger partial charge in [-0.3, -0.25) is 10.0 Å². The average molecular weight is 257 g/mol. The van der Waals surface area contributed by atoms with Crippen molar-refractivity contribution in [2.24, 2.45) is 0 Å². The Balaban J connectivity index is 2.36. The van der Waals surface area contributed by atoms with Gasteiger partial charge in [-0.25, -0.2) is 9.87 Å². The van der Waals surface area contributed by atoms with Crippen LogP contribution in [0, 0.1) is 5.82 Å². The van der Waals surface area contributed by atoms with Crippen molar-refractivity contribution >= 4 is 5.91 Å². The lowest BCUT2D eigenvalue weighted by Crippen LogP contribution is -2.17. The van der Waals surface area contributed by atoms with E-state index in [2.05, 4.69) is 0 Å². The van der Waals surface area contributed by atoms with Crippen LogP contribution in [0.4, 0.5) is 4.39 Å². The van der Waals surface area contributed by atoms with Gasteiger partial charge >= 0.3 is 0 Å². The summed E-state index contributed by atoms with van der Waals surface area (Å²) in [5.41, 5.74) is 1.87. The normalized spacial score (nSPS) is 10.3. The van der Waals surface area contributed by atoms with Gasteiger partial charge in [0.05, 0.1) is 0 Å². The second-order valence-electron chi connectivity index (χ2n) is 4.03. The summed E-state index contributed by atoms with van der Waals surface area (Å²) in [6.07, 6.45) is 2.59. The molecule has 0 aliphatic heterocycles. The van der Waals surface area contributed by atoms with Gasteiger partial charge < -0.3 is 10.2 Å². The Morgan fingerprint density at radius 1 is 1.17 bits per heavy atom. The van der Waals surface area contributed by atoms with E-state index in [-0.39, 0.29) is 12.2 Å². The van der Waals surface area contributed by atoms with Crippen molar-refractivity contribution in [2.45, 2.75) is 32.1 Å². The van der Waals surface area contributed by atoms with Gasteiger partial charge in [0, 0.05) is 12.5 Å². The Kier molecular flexibility index (Phi) is 5.38. The Labute approximate surface area is 104 Å². The highest BCUT2D eigenvalue weighted by Gasteiger charge is 2.08. The number of unbranched alkanes of at least 4 members (excludes halogenated alkanes) is 2. The maximum Gasteiger partial charge on any atom is 0.243 e. The number of halogens is 1. The molecule has 100 valence electrons. The zero-order chi connectivity index (χ0) is 13.5. The molecule has 0 bridgehead atoms. The van der Waals surface area contributed by atoms with Crippen LogP contribution in [-0.2, 0) is 11.2 Å². The van der Waals surface area contributed by atoms with Gasteiger partial charge in [0.1, 0.15) is 5.82 Å². The Morgan fingerprint density at radius 2 is 1.83 bits per heavy atom. The summed E-state index contributed by atoms with van der Waals surface area (Å²) >= 11 is 0. The monoisotopic (exact) mass is 257 g/mol. The van der Waals surface area contributed by atoms with Crippen molar-refractivity contribution in [1.82, 2.24) is 5.48 Å². The fraction of sp³-hybridized carbons (Fsp3) is 0.417. The van der Waals surface area contributed by atoms with Crippen LogP contribution in [-0.4, -0.2) is 21.3 Å². The molecule has 0 saturated carbocycles. The summed E-state index contributed by atoms with van der Waals surface area (Å²) in [6.45, 7) is 0. The lowest BCUT2D eigenvalue weighted by atomic mass is 10.0. The van der Waals surface area contributed by atoms with Crippen molar-refractivity contribution < 1.29 is 24.6 Å². The van der Waals surface area contributed by atoms with Gasteiger partial charge in [-0.15, -0.1) is 0 Å². The van der Waals surface area contributed by atoms with E-state index in [1.165, 1.54) is 11.5 Å². The number of nitrogens with one attached hydrogen (secondary N) is 1. The molecule has 0 aromatic heterocycles. The van der Waals surface area contributed by atoms with Crippen LogP contribution in [0.25, 0.3) is 0 Å².